The predicted molar refractivity (Wildman–Crippen MR) is 120 cm³/mol. The second-order valence-corrected chi connectivity index (χ2v) is 8.19. The summed E-state index contributed by atoms with van der Waals surface area (Å²) in [5, 5.41) is 0. The van der Waals surface area contributed by atoms with Gasteiger partial charge in [-0.05, 0) is 48.2 Å². The Morgan fingerprint density at radius 1 is 1.13 bits per heavy atom. The van der Waals surface area contributed by atoms with Crippen LogP contribution in [-0.4, -0.2) is 40.5 Å². The van der Waals surface area contributed by atoms with Gasteiger partial charge in [-0.1, -0.05) is 12.1 Å². The molecule has 30 heavy (non-hydrogen) atoms. The molecule has 0 amide bonds. The van der Waals surface area contributed by atoms with Crippen LogP contribution in [0, 0.1) is 0 Å². The van der Waals surface area contributed by atoms with Crippen molar-refractivity contribution in [2.24, 2.45) is 0 Å². The van der Waals surface area contributed by atoms with Crippen LogP contribution >= 0.6 is 11.8 Å². The van der Waals surface area contributed by atoms with E-state index in [2.05, 4.69) is 40.4 Å². The first-order valence-corrected chi connectivity index (χ1v) is 11.3. The van der Waals surface area contributed by atoms with Gasteiger partial charge in [0.25, 0.3) is 0 Å². The van der Waals surface area contributed by atoms with Gasteiger partial charge in [0.1, 0.15) is 18.6 Å². The highest BCUT2D eigenvalue weighted by Gasteiger charge is 2.18. The molecule has 0 saturated carbocycles. The molecular formula is C24H25N3O2S. The van der Waals surface area contributed by atoms with Crippen LogP contribution in [0.2, 0.25) is 0 Å². The fraction of sp³-hybridized carbons (Fsp3) is 0.292. The number of aldehydes is 1. The van der Waals surface area contributed by atoms with Crippen LogP contribution in [0.4, 0.5) is 0 Å². The Balaban J connectivity index is 1.38. The van der Waals surface area contributed by atoms with E-state index in [0.717, 1.165) is 66.3 Å². The summed E-state index contributed by atoms with van der Waals surface area (Å²) in [4.78, 5) is 23.5. The van der Waals surface area contributed by atoms with Gasteiger partial charge in [0.15, 0.2) is 5.82 Å². The minimum absolute atomic E-state index is 0.546. The van der Waals surface area contributed by atoms with Crippen molar-refractivity contribution < 1.29 is 9.53 Å². The van der Waals surface area contributed by atoms with Gasteiger partial charge in [-0.2, -0.15) is 0 Å². The second kappa shape index (κ2) is 9.87. The molecule has 0 saturated heterocycles. The second-order valence-electron chi connectivity index (χ2n) is 7.31. The van der Waals surface area contributed by atoms with Crippen molar-refractivity contribution in [3.63, 3.8) is 0 Å². The molecule has 5 nitrogen and oxygen atoms in total. The summed E-state index contributed by atoms with van der Waals surface area (Å²) in [7, 11) is 0. The SMILES string of the molecule is CSc1ccc(COc2ccc(-c3ncc4c(n3)CCN(CCC=O)C4)cc2)cc1. The van der Waals surface area contributed by atoms with Crippen molar-refractivity contribution in [2.75, 3.05) is 19.3 Å². The monoisotopic (exact) mass is 419 g/mol. The largest absolute Gasteiger partial charge is 0.489 e. The fourth-order valence-corrected chi connectivity index (χ4v) is 3.94. The topological polar surface area (TPSA) is 55.3 Å². The van der Waals surface area contributed by atoms with Gasteiger partial charge in [0.05, 0.1) is 5.69 Å². The van der Waals surface area contributed by atoms with Gasteiger partial charge in [-0.15, -0.1) is 11.8 Å². The van der Waals surface area contributed by atoms with E-state index >= 15 is 0 Å². The first-order valence-electron chi connectivity index (χ1n) is 10.1. The fourth-order valence-electron chi connectivity index (χ4n) is 3.53. The standard InChI is InChI=1S/C24H25N3O2S/c1-30-22-9-3-18(4-10-22)17-29-21-7-5-19(6-8-21)24-25-15-20-16-27(12-2-14-28)13-11-23(20)26-24/h3-10,14-15H,2,11-13,16-17H2,1H3. The molecule has 1 aromatic heterocycles. The maximum absolute atomic E-state index is 10.6. The van der Waals surface area contributed by atoms with E-state index in [1.54, 1.807) is 11.8 Å². The third-order valence-corrected chi connectivity index (χ3v) is 6.00. The smallest absolute Gasteiger partial charge is 0.159 e. The van der Waals surface area contributed by atoms with Crippen molar-refractivity contribution >= 4 is 18.0 Å². The van der Waals surface area contributed by atoms with Gasteiger partial charge in [0, 0.05) is 54.7 Å². The van der Waals surface area contributed by atoms with Crippen molar-refractivity contribution in [1.82, 2.24) is 14.9 Å². The number of carbonyl (C=O) groups excluding carboxylic acids is 1. The van der Waals surface area contributed by atoms with E-state index < -0.39 is 0 Å². The molecule has 1 aliphatic rings. The minimum Gasteiger partial charge on any atom is -0.489 e. The Bertz CT molecular complexity index is 990. The van der Waals surface area contributed by atoms with Gasteiger partial charge in [0.2, 0.25) is 0 Å². The summed E-state index contributed by atoms with van der Waals surface area (Å²) in [6.07, 6.45) is 6.44. The minimum atomic E-state index is 0.546. The van der Waals surface area contributed by atoms with Crippen LogP contribution in [0.1, 0.15) is 23.2 Å². The summed E-state index contributed by atoms with van der Waals surface area (Å²) in [5.41, 5.74) is 4.40. The lowest BCUT2D eigenvalue weighted by Crippen LogP contribution is -2.32. The van der Waals surface area contributed by atoms with E-state index in [0.29, 0.717) is 13.0 Å². The summed E-state index contributed by atoms with van der Waals surface area (Å²) < 4.78 is 5.91. The zero-order chi connectivity index (χ0) is 20.8. The molecule has 0 unspecified atom stereocenters. The number of fused-ring (bicyclic) bond motifs is 1. The maximum Gasteiger partial charge on any atom is 0.159 e. The van der Waals surface area contributed by atoms with Crippen LogP contribution < -0.4 is 4.74 Å². The van der Waals surface area contributed by atoms with Gasteiger partial charge < -0.3 is 9.53 Å². The van der Waals surface area contributed by atoms with E-state index in [1.165, 1.54) is 4.90 Å². The molecule has 0 bridgehead atoms. The molecule has 0 spiro atoms. The summed E-state index contributed by atoms with van der Waals surface area (Å²) in [6, 6.07) is 16.4. The van der Waals surface area contributed by atoms with Crippen LogP contribution in [0.5, 0.6) is 5.75 Å². The molecule has 6 heteroatoms. The Kier molecular flexibility index (Phi) is 6.77. The number of carbonyl (C=O) groups is 1. The van der Waals surface area contributed by atoms with Crippen molar-refractivity contribution in [2.45, 2.75) is 30.9 Å². The summed E-state index contributed by atoms with van der Waals surface area (Å²) in [6.45, 7) is 3.09. The lowest BCUT2D eigenvalue weighted by Gasteiger charge is -2.27. The van der Waals surface area contributed by atoms with Crippen LogP contribution in [0.15, 0.2) is 59.6 Å². The van der Waals surface area contributed by atoms with Gasteiger partial charge in [-0.25, -0.2) is 9.97 Å². The third-order valence-electron chi connectivity index (χ3n) is 5.25. The number of hydrogen-bond donors (Lipinski definition) is 0. The Morgan fingerprint density at radius 2 is 1.93 bits per heavy atom. The number of benzene rings is 2. The van der Waals surface area contributed by atoms with Crippen molar-refractivity contribution in [1.29, 1.82) is 0 Å². The molecule has 0 aliphatic carbocycles. The molecule has 2 heterocycles. The highest BCUT2D eigenvalue weighted by molar-refractivity contribution is 7.98. The molecule has 154 valence electrons. The Labute approximate surface area is 181 Å². The molecule has 0 atom stereocenters. The first kappa shape index (κ1) is 20.6. The van der Waals surface area contributed by atoms with E-state index in [1.807, 2.05) is 30.5 Å². The van der Waals surface area contributed by atoms with Crippen LogP contribution in [0.25, 0.3) is 11.4 Å². The maximum atomic E-state index is 10.6. The lowest BCUT2D eigenvalue weighted by molar-refractivity contribution is -0.108. The van der Waals surface area contributed by atoms with Crippen molar-refractivity contribution in [3.05, 3.63) is 71.5 Å². The molecule has 4 rings (SSSR count). The van der Waals surface area contributed by atoms with E-state index in [-0.39, 0.29) is 0 Å². The van der Waals surface area contributed by atoms with Crippen molar-refractivity contribution in [3.8, 4) is 17.1 Å². The van der Waals surface area contributed by atoms with Gasteiger partial charge in [-0.3, -0.25) is 4.90 Å². The Morgan fingerprint density at radius 3 is 2.67 bits per heavy atom. The number of hydrogen-bond acceptors (Lipinski definition) is 6. The van der Waals surface area contributed by atoms with Crippen LogP contribution in [0.3, 0.4) is 0 Å². The molecule has 0 radical (unpaired) electrons. The molecule has 0 N–H and O–H groups in total. The normalized spacial score (nSPS) is 13.6. The summed E-state index contributed by atoms with van der Waals surface area (Å²) in [5.74, 6) is 1.57. The quantitative estimate of drug-likeness (QED) is 0.399. The zero-order valence-electron chi connectivity index (χ0n) is 17.1. The average Bonchev–Trinajstić information content (AvgIpc) is 2.81. The molecular weight excluding hydrogens is 394 g/mol. The predicted octanol–water partition coefficient (Wildman–Crippen LogP) is 4.39. The molecule has 1 aliphatic heterocycles. The number of rotatable bonds is 8. The first-order chi connectivity index (χ1) is 14.7. The number of ether oxygens (including phenoxy) is 1. The Hall–Kier alpha value is -2.70. The average molecular weight is 420 g/mol. The highest BCUT2D eigenvalue weighted by Crippen LogP contribution is 2.24. The molecule has 0 fully saturated rings. The molecule has 3 aromatic rings. The lowest BCUT2D eigenvalue weighted by atomic mass is 10.1. The van der Waals surface area contributed by atoms with Gasteiger partial charge >= 0.3 is 0 Å². The highest BCUT2D eigenvalue weighted by atomic mass is 32.2. The molecule has 2 aromatic carbocycles. The third kappa shape index (κ3) is 5.07. The summed E-state index contributed by atoms with van der Waals surface area (Å²) >= 11 is 1.74. The van der Waals surface area contributed by atoms with E-state index in [9.17, 15) is 4.79 Å². The number of aromatic nitrogens is 2. The number of thioether (sulfide) groups is 1. The number of nitrogens with zero attached hydrogens (tertiary/aromatic N) is 3. The van der Waals surface area contributed by atoms with Crippen LogP contribution in [-0.2, 0) is 24.4 Å². The zero-order valence-corrected chi connectivity index (χ0v) is 17.9. The van der Waals surface area contributed by atoms with E-state index in [4.69, 9.17) is 9.72 Å².